The maximum Gasteiger partial charge on any atom is 0.115 e. The van der Waals surface area contributed by atoms with Crippen LogP contribution in [0.25, 0.3) is 10.9 Å². The number of nitrogens with one attached hydrogen (secondary N) is 1. The molecule has 3 aromatic rings. The molecule has 0 bridgehead atoms. The van der Waals surface area contributed by atoms with Crippen LogP contribution < -0.4 is 0 Å². The van der Waals surface area contributed by atoms with Crippen molar-refractivity contribution in [1.29, 1.82) is 0 Å². The van der Waals surface area contributed by atoms with Crippen LogP contribution in [-0.2, 0) is 6.42 Å². The molecule has 1 aromatic heterocycles. The van der Waals surface area contributed by atoms with E-state index in [1.54, 1.807) is 6.07 Å². The summed E-state index contributed by atoms with van der Waals surface area (Å²) in [6.07, 6.45) is 5.68. The number of aromatic nitrogens is 1. The molecule has 1 atom stereocenters. The van der Waals surface area contributed by atoms with Gasteiger partial charge >= 0.3 is 0 Å². The first-order chi connectivity index (χ1) is 11.8. The number of rotatable bonds is 4. The predicted octanol–water partition coefficient (Wildman–Crippen LogP) is 4.30. The highest BCUT2D eigenvalue weighted by molar-refractivity contribution is 5.83. The van der Waals surface area contributed by atoms with Crippen LogP contribution in [0, 0.1) is 0 Å². The largest absolute Gasteiger partial charge is 0.508 e. The summed E-state index contributed by atoms with van der Waals surface area (Å²) >= 11 is 0. The number of H-pyrrole nitrogens is 1. The van der Waals surface area contributed by atoms with E-state index in [9.17, 15) is 5.11 Å². The summed E-state index contributed by atoms with van der Waals surface area (Å²) in [6.45, 7) is 3.36. The fourth-order valence-electron chi connectivity index (χ4n) is 3.93. The van der Waals surface area contributed by atoms with Crippen LogP contribution in [0.1, 0.15) is 29.9 Å². The molecule has 2 aromatic carbocycles. The van der Waals surface area contributed by atoms with Crippen molar-refractivity contribution in [2.75, 3.05) is 19.6 Å². The molecule has 0 spiro atoms. The van der Waals surface area contributed by atoms with E-state index in [-0.39, 0.29) is 0 Å². The van der Waals surface area contributed by atoms with Gasteiger partial charge in [-0.3, -0.25) is 0 Å². The first-order valence-corrected chi connectivity index (χ1v) is 8.86. The number of phenolic OH excluding ortho intramolecular Hbond substituents is 1. The fraction of sp³-hybridized carbons (Fsp3) is 0.333. The summed E-state index contributed by atoms with van der Waals surface area (Å²) in [5.74, 6) is 0.914. The fourth-order valence-corrected chi connectivity index (χ4v) is 3.93. The molecule has 3 nitrogen and oxygen atoms in total. The van der Waals surface area contributed by atoms with E-state index in [2.05, 4.69) is 46.4 Å². The SMILES string of the molecule is Oc1cccc(C2CCCN(CCc3c[nH]c4ccccc34)C2)c1. The number of piperidine rings is 1. The second kappa shape index (κ2) is 6.70. The number of hydrogen-bond donors (Lipinski definition) is 2. The third kappa shape index (κ3) is 3.17. The maximum atomic E-state index is 9.72. The summed E-state index contributed by atoms with van der Waals surface area (Å²) < 4.78 is 0. The molecule has 4 rings (SSSR count). The van der Waals surface area contributed by atoms with Crippen LogP contribution in [-0.4, -0.2) is 34.6 Å². The number of fused-ring (bicyclic) bond motifs is 1. The van der Waals surface area contributed by atoms with Gasteiger partial charge in [0.15, 0.2) is 0 Å². The maximum absolute atomic E-state index is 9.72. The minimum absolute atomic E-state index is 0.378. The summed E-state index contributed by atoms with van der Waals surface area (Å²) in [5, 5.41) is 11.1. The summed E-state index contributed by atoms with van der Waals surface area (Å²) in [5.41, 5.74) is 3.90. The lowest BCUT2D eigenvalue weighted by Crippen LogP contribution is -2.35. The van der Waals surface area contributed by atoms with Crippen molar-refractivity contribution in [2.45, 2.75) is 25.2 Å². The number of aromatic hydroxyl groups is 1. The van der Waals surface area contributed by atoms with Gasteiger partial charge in [0.05, 0.1) is 0 Å². The lowest BCUT2D eigenvalue weighted by atomic mass is 9.90. The quantitative estimate of drug-likeness (QED) is 0.752. The van der Waals surface area contributed by atoms with Crippen molar-refractivity contribution >= 4 is 10.9 Å². The van der Waals surface area contributed by atoms with Crippen molar-refractivity contribution in [3.8, 4) is 5.75 Å². The van der Waals surface area contributed by atoms with E-state index in [1.165, 1.54) is 41.4 Å². The van der Waals surface area contributed by atoms with Gasteiger partial charge in [0.25, 0.3) is 0 Å². The molecule has 24 heavy (non-hydrogen) atoms. The molecule has 1 fully saturated rings. The molecule has 2 heterocycles. The number of aromatic amines is 1. The Morgan fingerprint density at radius 3 is 2.96 bits per heavy atom. The first kappa shape index (κ1) is 15.3. The zero-order valence-corrected chi connectivity index (χ0v) is 13.9. The van der Waals surface area contributed by atoms with Crippen molar-refractivity contribution in [3.05, 3.63) is 65.9 Å². The second-order valence-electron chi connectivity index (χ2n) is 6.84. The highest BCUT2D eigenvalue weighted by Crippen LogP contribution is 2.29. The summed E-state index contributed by atoms with van der Waals surface area (Å²) in [6, 6.07) is 16.3. The third-order valence-electron chi connectivity index (χ3n) is 5.22. The standard InChI is InChI=1S/C21H24N2O/c24-19-7-3-5-16(13-19)18-6-4-11-23(15-18)12-10-17-14-22-21-9-2-1-8-20(17)21/h1-3,5,7-9,13-14,18,22,24H,4,6,10-12,15H2. The molecule has 1 aliphatic rings. The van der Waals surface area contributed by atoms with Crippen molar-refractivity contribution in [3.63, 3.8) is 0 Å². The van der Waals surface area contributed by atoms with Gasteiger partial charge in [-0.15, -0.1) is 0 Å². The molecule has 0 amide bonds. The van der Waals surface area contributed by atoms with Gasteiger partial charge in [0.1, 0.15) is 5.75 Å². The number of benzene rings is 2. The lowest BCUT2D eigenvalue weighted by Gasteiger charge is -2.33. The van der Waals surface area contributed by atoms with Crippen LogP contribution in [0.5, 0.6) is 5.75 Å². The van der Waals surface area contributed by atoms with Crippen LogP contribution in [0.2, 0.25) is 0 Å². The monoisotopic (exact) mass is 320 g/mol. The smallest absolute Gasteiger partial charge is 0.115 e. The molecule has 1 aliphatic heterocycles. The van der Waals surface area contributed by atoms with E-state index >= 15 is 0 Å². The molecule has 1 saturated heterocycles. The van der Waals surface area contributed by atoms with Gasteiger partial charge in [0, 0.05) is 30.2 Å². The Morgan fingerprint density at radius 1 is 1.12 bits per heavy atom. The molecule has 2 N–H and O–H groups in total. The van der Waals surface area contributed by atoms with Crippen LogP contribution in [0.15, 0.2) is 54.7 Å². The molecule has 0 radical (unpaired) electrons. The van der Waals surface area contributed by atoms with E-state index in [1.807, 2.05) is 12.1 Å². The normalized spacial score (nSPS) is 18.9. The Balaban J connectivity index is 1.41. The van der Waals surface area contributed by atoms with Crippen molar-refractivity contribution in [2.24, 2.45) is 0 Å². The van der Waals surface area contributed by atoms with Crippen molar-refractivity contribution in [1.82, 2.24) is 9.88 Å². The van der Waals surface area contributed by atoms with Gasteiger partial charge < -0.3 is 15.0 Å². The number of hydrogen-bond acceptors (Lipinski definition) is 2. The third-order valence-corrected chi connectivity index (χ3v) is 5.22. The topological polar surface area (TPSA) is 39.3 Å². The highest BCUT2D eigenvalue weighted by Gasteiger charge is 2.21. The molecular formula is C21H24N2O. The minimum atomic E-state index is 0.378. The molecule has 0 aliphatic carbocycles. The predicted molar refractivity (Wildman–Crippen MR) is 98.5 cm³/mol. The molecule has 124 valence electrons. The summed E-state index contributed by atoms with van der Waals surface area (Å²) in [4.78, 5) is 5.94. The van der Waals surface area contributed by atoms with Gasteiger partial charge in [-0.25, -0.2) is 0 Å². The second-order valence-corrected chi connectivity index (χ2v) is 6.84. The summed E-state index contributed by atoms with van der Waals surface area (Å²) in [7, 11) is 0. The number of likely N-dealkylation sites (tertiary alicyclic amines) is 1. The molecule has 3 heteroatoms. The molecular weight excluding hydrogens is 296 g/mol. The van der Waals surface area contributed by atoms with E-state index in [0.29, 0.717) is 11.7 Å². The van der Waals surface area contributed by atoms with Crippen LogP contribution in [0.4, 0.5) is 0 Å². The Hall–Kier alpha value is -2.26. The minimum Gasteiger partial charge on any atom is -0.508 e. The average Bonchev–Trinajstić information content (AvgIpc) is 3.03. The zero-order chi connectivity index (χ0) is 16.4. The molecule has 0 saturated carbocycles. The zero-order valence-electron chi connectivity index (χ0n) is 13.9. The Bertz CT molecular complexity index is 823. The average molecular weight is 320 g/mol. The van der Waals surface area contributed by atoms with Gasteiger partial charge in [-0.05, 0) is 61.1 Å². The van der Waals surface area contributed by atoms with Crippen LogP contribution in [0.3, 0.4) is 0 Å². The number of phenols is 1. The number of para-hydroxylation sites is 1. The molecule has 1 unspecified atom stereocenters. The Morgan fingerprint density at radius 2 is 2.04 bits per heavy atom. The number of nitrogens with zero attached hydrogens (tertiary/aromatic N) is 1. The Kier molecular flexibility index (Phi) is 4.26. The first-order valence-electron chi connectivity index (χ1n) is 8.86. The van der Waals surface area contributed by atoms with E-state index in [4.69, 9.17) is 0 Å². The van der Waals surface area contributed by atoms with Crippen molar-refractivity contribution < 1.29 is 5.11 Å². The van der Waals surface area contributed by atoms with E-state index < -0.39 is 0 Å². The Labute approximate surface area is 142 Å². The van der Waals surface area contributed by atoms with Gasteiger partial charge in [-0.2, -0.15) is 0 Å². The van der Waals surface area contributed by atoms with Crippen LogP contribution >= 0.6 is 0 Å². The van der Waals surface area contributed by atoms with Gasteiger partial charge in [-0.1, -0.05) is 30.3 Å². The van der Waals surface area contributed by atoms with Gasteiger partial charge in [0.2, 0.25) is 0 Å². The highest BCUT2D eigenvalue weighted by atomic mass is 16.3. The lowest BCUT2D eigenvalue weighted by molar-refractivity contribution is 0.210. The van der Waals surface area contributed by atoms with E-state index in [0.717, 1.165) is 19.5 Å².